The lowest BCUT2D eigenvalue weighted by molar-refractivity contribution is -0.122. The van der Waals surface area contributed by atoms with Crippen molar-refractivity contribution in [2.24, 2.45) is 11.8 Å². The molecule has 1 N–H and O–H groups in total. The summed E-state index contributed by atoms with van der Waals surface area (Å²) in [6.45, 7) is 3.88. The Morgan fingerprint density at radius 1 is 1.50 bits per heavy atom. The van der Waals surface area contributed by atoms with E-state index in [4.69, 9.17) is 4.74 Å². The minimum atomic E-state index is 0.142. The van der Waals surface area contributed by atoms with Crippen LogP contribution in [0, 0.1) is 11.8 Å². The Balaban J connectivity index is 2.11. The molecule has 0 bridgehead atoms. The first-order valence-electron chi connectivity index (χ1n) is 6.17. The molecule has 0 spiro atoms. The molecule has 2 rings (SSSR count). The fourth-order valence-corrected chi connectivity index (χ4v) is 2.76. The van der Waals surface area contributed by atoms with Crippen molar-refractivity contribution in [2.75, 3.05) is 20.2 Å². The normalized spacial score (nSPS) is 23.1. The number of hydrogen-bond acceptors (Lipinski definition) is 3. The molecule has 0 amide bonds. The number of hydrogen-bond donors (Lipinski definition) is 1. The molecule has 1 aromatic carbocycles. The molecular weight excluding hydrogens is 294 g/mol. The van der Waals surface area contributed by atoms with Crippen molar-refractivity contribution >= 4 is 21.7 Å². The van der Waals surface area contributed by atoms with Gasteiger partial charge in [0, 0.05) is 23.4 Å². The predicted octanol–water partition coefficient (Wildman–Crippen LogP) is 2.42. The first kappa shape index (κ1) is 13.6. The van der Waals surface area contributed by atoms with Crippen molar-refractivity contribution in [3.05, 3.63) is 28.2 Å². The quantitative estimate of drug-likeness (QED) is 0.928. The van der Waals surface area contributed by atoms with Gasteiger partial charge in [-0.05, 0) is 36.2 Å². The van der Waals surface area contributed by atoms with E-state index in [9.17, 15) is 4.79 Å². The summed E-state index contributed by atoms with van der Waals surface area (Å²) in [7, 11) is 1.64. The summed E-state index contributed by atoms with van der Waals surface area (Å²) in [6.07, 6.45) is 0.467. The van der Waals surface area contributed by atoms with Gasteiger partial charge in [0.15, 0.2) is 0 Å². The van der Waals surface area contributed by atoms with E-state index >= 15 is 0 Å². The number of halogens is 1. The molecule has 1 aliphatic rings. The Kier molecular flexibility index (Phi) is 4.40. The maximum atomic E-state index is 12.3. The average molecular weight is 312 g/mol. The summed E-state index contributed by atoms with van der Waals surface area (Å²) in [4.78, 5) is 12.3. The Morgan fingerprint density at radius 3 is 2.89 bits per heavy atom. The summed E-state index contributed by atoms with van der Waals surface area (Å²) >= 11 is 3.49. The molecule has 2 atom stereocenters. The summed E-state index contributed by atoms with van der Waals surface area (Å²) < 4.78 is 6.16. The lowest BCUT2D eigenvalue weighted by Crippen LogP contribution is -2.23. The van der Waals surface area contributed by atoms with Crippen LogP contribution < -0.4 is 10.1 Å². The van der Waals surface area contributed by atoms with Crippen LogP contribution in [0.3, 0.4) is 0 Å². The average Bonchev–Trinajstić information content (AvgIpc) is 2.78. The monoisotopic (exact) mass is 311 g/mol. The first-order valence-corrected chi connectivity index (χ1v) is 6.97. The number of ketones is 1. The van der Waals surface area contributed by atoms with Gasteiger partial charge < -0.3 is 10.1 Å². The van der Waals surface area contributed by atoms with Crippen LogP contribution >= 0.6 is 15.9 Å². The topological polar surface area (TPSA) is 38.3 Å². The number of benzene rings is 1. The highest BCUT2D eigenvalue weighted by Gasteiger charge is 2.29. The molecule has 3 nitrogen and oxygen atoms in total. The van der Waals surface area contributed by atoms with Crippen LogP contribution in [0.1, 0.15) is 12.5 Å². The van der Waals surface area contributed by atoms with Gasteiger partial charge in [-0.25, -0.2) is 0 Å². The summed E-state index contributed by atoms with van der Waals surface area (Å²) in [5.41, 5.74) is 0.999. The molecule has 2 unspecified atom stereocenters. The molecule has 0 aliphatic carbocycles. The van der Waals surface area contributed by atoms with Gasteiger partial charge in [-0.3, -0.25) is 4.79 Å². The second-order valence-corrected chi connectivity index (χ2v) is 5.70. The summed E-state index contributed by atoms with van der Waals surface area (Å²) in [6, 6.07) is 5.74. The molecule has 1 heterocycles. The predicted molar refractivity (Wildman–Crippen MR) is 74.9 cm³/mol. The maximum absolute atomic E-state index is 12.3. The number of carbonyl (C=O) groups excluding carboxylic acids is 1. The molecule has 1 fully saturated rings. The van der Waals surface area contributed by atoms with Crippen molar-refractivity contribution in [3.63, 3.8) is 0 Å². The van der Waals surface area contributed by atoms with Crippen molar-refractivity contribution < 1.29 is 9.53 Å². The molecule has 18 heavy (non-hydrogen) atoms. The first-order chi connectivity index (χ1) is 8.61. The van der Waals surface area contributed by atoms with E-state index in [-0.39, 0.29) is 5.92 Å². The van der Waals surface area contributed by atoms with Gasteiger partial charge in [0.2, 0.25) is 0 Å². The second kappa shape index (κ2) is 5.85. The lowest BCUT2D eigenvalue weighted by atomic mass is 9.90. The van der Waals surface area contributed by atoms with E-state index in [0.29, 0.717) is 18.1 Å². The highest BCUT2D eigenvalue weighted by molar-refractivity contribution is 9.10. The number of ether oxygens (including phenoxy) is 1. The van der Waals surface area contributed by atoms with E-state index in [0.717, 1.165) is 28.9 Å². The van der Waals surface area contributed by atoms with Crippen LogP contribution in [0.2, 0.25) is 0 Å². The molecule has 0 radical (unpaired) electrons. The molecule has 1 aliphatic heterocycles. The zero-order chi connectivity index (χ0) is 13.1. The number of methoxy groups -OCH3 is 1. The van der Waals surface area contributed by atoms with E-state index < -0.39 is 0 Å². The smallest absolute Gasteiger partial charge is 0.141 e. The van der Waals surface area contributed by atoms with Crippen molar-refractivity contribution in [1.29, 1.82) is 0 Å². The summed E-state index contributed by atoms with van der Waals surface area (Å²) in [5, 5.41) is 3.27. The third-order valence-corrected chi connectivity index (χ3v) is 4.32. The van der Waals surface area contributed by atoms with E-state index in [1.54, 1.807) is 7.11 Å². The molecular formula is C14H18BrNO2. The minimum Gasteiger partial charge on any atom is -0.497 e. The minimum absolute atomic E-state index is 0.142. The molecule has 0 aromatic heterocycles. The van der Waals surface area contributed by atoms with Crippen LogP contribution in [0.25, 0.3) is 0 Å². The van der Waals surface area contributed by atoms with Crippen LogP contribution in [0.15, 0.2) is 22.7 Å². The van der Waals surface area contributed by atoms with Crippen molar-refractivity contribution in [3.8, 4) is 5.75 Å². The van der Waals surface area contributed by atoms with Crippen molar-refractivity contribution in [1.82, 2.24) is 5.32 Å². The van der Waals surface area contributed by atoms with E-state index in [1.165, 1.54) is 0 Å². The fraction of sp³-hybridized carbons (Fsp3) is 0.500. The largest absolute Gasteiger partial charge is 0.497 e. The van der Waals surface area contributed by atoms with E-state index in [2.05, 4.69) is 28.2 Å². The van der Waals surface area contributed by atoms with Gasteiger partial charge in [-0.2, -0.15) is 0 Å². The van der Waals surface area contributed by atoms with Crippen LogP contribution in [-0.4, -0.2) is 26.0 Å². The zero-order valence-corrected chi connectivity index (χ0v) is 12.3. The van der Waals surface area contributed by atoms with Gasteiger partial charge in [-0.15, -0.1) is 0 Å². The van der Waals surface area contributed by atoms with E-state index in [1.807, 2.05) is 18.2 Å². The maximum Gasteiger partial charge on any atom is 0.141 e. The van der Waals surface area contributed by atoms with Gasteiger partial charge in [0.25, 0.3) is 0 Å². The number of nitrogens with one attached hydrogen (secondary N) is 1. The Bertz CT molecular complexity index is 447. The molecule has 0 saturated carbocycles. The van der Waals surface area contributed by atoms with Crippen molar-refractivity contribution in [2.45, 2.75) is 13.3 Å². The highest BCUT2D eigenvalue weighted by Crippen LogP contribution is 2.25. The third kappa shape index (κ3) is 2.93. The van der Waals surface area contributed by atoms with Gasteiger partial charge in [0.1, 0.15) is 11.5 Å². The molecule has 4 heteroatoms. The lowest BCUT2D eigenvalue weighted by Gasteiger charge is -2.14. The summed E-state index contributed by atoms with van der Waals surface area (Å²) in [5.74, 6) is 1.67. The Labute approximate surface area is 116 Å². The van der Waals surface area contributed by atoms with Crippen LogP contribution in [0.4, 0.5) is 0 Å². The standard InChI is InChI=1S/C14H18BrNO2/c1-9-7-16-8-12(9)14(17)6-10-5-11(18-2)3-4-13(10)15/h3-5,9,12,16H,6-8H2,1-2H3. The SMILES string of the molecule is COc1ccc(Br)c(CC(=O)C2CNCC2C)c1. The van der Waals surface area contributed by atoms with Crippen LogP contribution in [-0.2, 0) is 11.2 Å². The third-order valence-electron chi connectivity index (χ3n) is 3.55. The van der Waals surface area contributed by atoms with Gasteiger partial charge >= 0.3 is 0 Å². The van der Waals surface area contributed by atoms with Gasteiger partial charge in [-0.1, -0.05) is 22.9 Å². The number of carbonyl (C=O) groups is 1. The highest BCUT2D eigenvalue weighted by atomic mass is 79.9. The Morgan fingerprint density at radius 2 is 2.28 bits per heavy atom. The Hall–Kier alpha value is -0.870. The molecule has 1 saturated heterocycles. The van der Waals surface area contributed by atoms with Gasteiger partial charge in [0.05, 0.1) is 7.11 Å². The second-order valence-electron chi connectivity index (χ2n) is 4.84. The van der Waals surface area contributed by atoms with Crippen LogP contribution in [0.5, 0.6) is 5.75 Å². The molecule has 1 aromatic rings. The zero-order valence-electron chi connectivity index (χ0n) is 10.7. The molecule has 98 valence electrons. The number of rotatable bonds is 4. The fourth-order valence-electron chi connectivity index (χ4n) is 2.37. The number of Topliss-reactive ketones (excluding diaryl/α,β-unsaturated/α-hetero) is 1.